The van der Waals surface area contributed by atoms with E-state index in [1.165, 1.54) is 22.7 Å². The number of amides is 2. The van der Waals surface area contributed by atoms with Crippen LogP contribution in [0.25, 0.3) is 20.4 Å². The predicted molar refractivity (Wildman–Crippen MR) is 138 cm³/mol. The Balaban J connectivity index is 0.000000202. The van der Waals surface area contributed by atoms with E-state index in [0.717, 1.165) is 19.9 Å². The Morgan fingerprint density at radius 2 is 1.30 bits per heavy atom. The lowest BCUT2D eigenvalue weighted by atomic mass is 10.2. The highest BCUT2D eigenvalue weighted by Gasteiger charge is 2.34. The molecule has 1 aliphatic heterocycles. The number of anilines is 2. The fourth-order valence-electron chi connectivity index (χ4n) is 2.89. The summed E-state index contributed by atoms with van der Waals surface area (Å²) in [6.07, 6.45) is 0. The van der Waals surface area contributed by atoms with Crippen LogP contribution in [0.5, 0.6) is 0 Å². The van der Waals surface area contributed by atoms with Crippen LogP contribution in [0.1, 0.15) is 21.3 Å². The predicted octanol–water partition coefficient (Wildman–Crippen LogP) is 5.85. The van der Waals surface area contributed by atoms with Crippen LogP contribution in [-0.2, 0) is 9.59 Å². The normalized spacial score (nSPS) is 13.3. The molecule has 0 spiro atoms. The maximum absolute atomic E-state index is 11.9. The number of nitrogens with one attached hydrogen (secondary N) is 2. The summed E-state index contributed by atoms with van der Waals surface area (Å²) in [7, 11) is 0. The molecule has 0 saturated heterocycles. The second-order valence-electron chi connectivity index (χ2n) is 6.66. The van der Waals surface area contributed by atoms with E-state index in [4.69, 9.17) is 29.0 Å². The monoisotopic (exact) mass is 522 g/mol. The molecule has 0 atom stereocenters. The number of nitrogens with two attached hydrogens (primary N) is 1. The van der Waals surface area contributed by atoms with Gasteiger partial charge in [-0.25, -0.2) is 15.8 Å². The molecule has 0 radical (unpaired) electrons. The Bertz CT molecular complexity index is 1370. The number of fused-ring (bicyclic) bond motifs is 2. The molecule has 0 bridgehead atoms. The van der Waals surface area contributed by atoms with Gasteiger partial charge in [-0.15, -0.1) is 0 Å². The number of thiazole rings is 2. The van der Waals surface area contributed by atoms with Gasteiger partial charge in [-0.1, -0.05) is 65.4 Å². The number of hydrazine groups is 2. The number of rotatable bonds is 3. The molecule has 4 N–H and O–H groups in total. The first-order valence-corrected chi connectivity index (χ1v) is 11.6. The summed E-state index contributed by atoms with van der Waals surface area (Å²) in [5.74, 6) is 4.52. The second-order valence-corrected chi connectivity index (χ2v) is 9.54. The van der Waals surface area contributed by atoms with Gasteiger partial charge in [-0.2, -0.15) is 5.01 Å². The van der Waals surface area contributed by atoms with Gasteiger partial charge in [0.05, 0.1) is 19.4 Å². The molecule has 0 saturated carbocycles. The van der Waals surface area contributed by atoms with Gasteiger partial charge in [-0.3, -0.25) is 20.4 Å². The van der Waals surface area contributed by atoms with Crippen molar-refractivity contribution in [2.24, 2.45) is 5.84 Å². The van der Waals surface area contributed by atoms with E-state index in [1.807, 2.05) is 30.3 Å². The molecule has 0 fully saturated rings. The average Bonchev–Trinajstić information content (AvgIpc) is 3.45. The highest BCUT2D eigenvalue weighted by molar-refractivity contribution is 7.22. The molecule has 2 aromatic heterocycles. The topological polar surface area (TPSA) is 113 Å². The molecular formula is C21H20Cl2N6O2S2. The van der Waals surface area contributed by atoms with E-state index in [-0.39, 0.29) is 19.2 Å². The van der Waals surface area contributed by atoms with Crippen LogP contribution in [-0.4, -0.2) is 26.8 Å². The number of hydrogen-bond acceptors (Lipinski definition) is 9. The average molecular weight is 523 g/mol. The van der Waals surface area contributed by atoms with Crippen molar-refractivity contribution >= 4 is 88.4 Å². The number of aromatic nitrogens is 2. The Hall–Kier alpha value is -2.76. The zero-order valence-electron chi connectivity index (χ0n) is 16.8. The molecule has 3 heterocycles. The molecule has 8 nitrogen and oxygen atoms in total. The summed E-state index contributed by atoms with van der Waals surface area (Å²) in [5.41, 5.74) is 7.60. The van der Waals surface area contributed by atoms with Crippen LogP contribution >= 0.6 is 45.9 Å². The lowest BCUT2D eigenvalue weighted by Crippen LogP contribution is -2.36. The highest BCUT2D eigenvalue weighted by Crippen LogP contribution is 2.32. The third-order valence-electron chi connectivity index (χ3n) is 4.68. The molecule has 172 valence electrons. The number of benzene rings is 2. The molecule has 2 amide bonds. The first kappa shape index (κ1) is 24.9. The van der Waals surface area contributed by atoms with Crippen LogP contribution in [0.2, 0.25) is 10.0 Å². The zero-order chi connectivity index (χ0) is 23.0. The van der Waals surface area contributed by atoms with E-state index < -0.39 is 0 Å². The minimum Gasteiger partial charge on any atom is -0.300 e. The van der Waals surface area contributed by atoms with E-state index in [1.54, 1.807) is 19.9 Å². The lowest BCUT2D eigenvalue weighted by molar-refractivity contribution is -0.135. The molecule has 0 unspecified atom stereocenters. The number of hydrogen-bond donors (Lipinski definition) is 3. The minimum absolute atomic E-state index is 0. The largest absolute Gasteiger partial charge is 0.300 e. The number of imide groups is 1. The van der Waals surface area contributed by atoms with Gasteiger partial charge in [0, 0.05) is 11.1 Å². The Morgan fingerprint density at radius 1 is 0.848 bits per heavy atom. The second kappa shape index (κ2) is 10.0. The molecule has 12 heteroatoms. The van der Waals surface area contributed by atoms with Crippen LogP contribution in [0, 0.1) is 0 Å². The first-order chi connectivity index (χ1) is 15.3. The van der Waals surface area contributed by atoms with Crippen molar-refractivity contribution in [3.8, 4) is 0 Å². The highest BCUT2D eigenvalue weighted by atomic mass is 35.5. The molecule has 5 rings (SSSR count). The Labute approximate surface area is 208 Å². The molecular weight excluding hydrogens is 503 g/mol. The number of carbonyl (C=O) groups is 2. The van der Waals surface area contributed by atoms with Crippen molar-refractivity contribution in [1.82, 2.24) is 15.0 Å². The van der Waals surface area contributed by atoms with Gasteiger partial charge in [0.15, 0.2) is 5.13 Å². The fourth-order valence-corrected chi connectivity index (χ4v) is 5.11. The van der Waals surface area contributed by atoms with Gasteiger partial charge in [0.1, 0.15) is 11.0 Å². The van der Waals surface area contributed by atoms with Crippen molar-refractivity contribution in [1.29, 1.82) is 0 Å². The zero-order valence-corrected chi connectivity index (χ0v) is 19.9. The van der Waals surface area contributed by atoms with Gasteiger partial charge >= 0.3 is 0 Å². The smallest absolute Gasteiger partial charge is 0.275 e. The standard InChI is InChI=1S/C13H10ClN3O2S.C7H6ClN3S.CH4/c1-6-7(2)12(19)17(11(6)18)16-13-15-10-8(14)4-3-5-9(10)20-13;8-4-2-1-3-5-6(4)10-7(11-9)12-5;/h3-5H,1-2H3,(H,15,16);1-3H,9H2,(H,10,11);1H4. The molecule has 2 aromatic carbocycles. The van der Waals surface area contributed by atoms with Crippen LogP contribution < -0.4 is 16.7 Å². The maximum Gasteiger partial charge on any atom is 0.275 e. The molecule has 1 aliphatic rings. The van der Waals surface area contributed by atoms with E-state index in [0.29, 0.717) is 37.0 Å². The van der Waals surface area contributed by atoms with Crippen molar-refractivity contribution in [3.63, 3.8) is 0 Å². The number of nitrogens with zero attached hydrogens (tertiary/aromatic N) is 3. The first-order valence-electron chi connectivity index (χ1n) is 9.19. The van der Waals surface area contributed by atoms with Gasteiger partial charge in [0.25, 0.3) is 11.8 Å². The molecule has 33 heavy (non-hydrogen) atoms. The van der Waals surface area contributed by atoms with Gasteiger partial charge in [0.2, 0.25) is 5.13 Å². The Morgan fingerprint density at radius 3 is 1.76 bits per heavy atom. The van der Waals surface area contributed by atoms with E-state index in [9.17, 15) is 9.59 Å². The van der Waals surface area contributed by atoms with Crippen molar-refractivity contribution < 1.29 is 9.59 Å². The summed E-state index contributed by atoms with van der Waals surface area (Å²) in [4.78, 5) is 32.4. The number of halogens is 2. The van der Waals surface area contributed by atoms with E-state index >= 15 is 0 Å². The summed E-state index contributed by atoms with van der Waals surface area (Å²) >= 11 is 14.8. The quantitative estimate of drug-likeness (QED) is 0.175. The SMILES string of the molecule is C.CC1=C(C)C(=O)N(Nc2nc3c(Cl)cccc3s2)C1=O.NNc1nc2c(Cl)cccc2s1. The van der Waals surface area contributed by atoms with Crippen LogP contribution in [0.15, 0.2) is 47.5 Å². The van der Waals surface area contributed by atoms with Crippen molar-refractivity contribution in [2.75, 3.05) is 10.9 Å². The number of carbonyl (C=O) groups excluding carboxylic acids is 2. The van der Waals surface area contributed by atoms with Crippen LogP contribution in [0.3, 0.4) is 0 Å². The van der Waals surface area contributed by atoms with Crippen molar-refractivity contribution in [2.45, 2.75) is 21.3 Å². The van der Waals surface area contributed by atoms with Gasteiger partial charge in [-0.05, 0) is 38.1 Å². The van der Waals surface area contributed by atoms with Crippen molar-refractivity contribution in [3.05, 3.63) is 57.6 Å². The third kappa shape index (κ3) is 4.80. The third-order valence-corrected chi connectivity index (χ3v) is 7.17. The summed E-state index contributed by atoms with van der Waals surface area (Å²) in [5, 5.41) is 3.31. The summed E-state index contributed by atoms with van der Waals surface area (Å²) in [6, 6.07) is 11.1. The summed E-state index contributed by atoms with van der Waals surface area (Å²) in [6.45, 7) is 3.26. The summed E-state index contributed by atoms with van der Waals surface area (Å²) < 4.78 is 1.93. The molecule has 0 aliphatic carbocycles. The molecule has 4 aromatic rings. The number of para-hydroxylation sites is 2. The van der Waals surface area contributed by atoms with Crippen LogP contribution in [0.4, 0.5) is 10.3 Å². The maximum atomic E-state index is 11.9. The van der Waals surface area contributed by atoms with Gasteiger partial charge < -0.3 is 0 Å². The number of nitrogen functional groups attached to an aromatic ring is 1. The fraction of sp³-hybridized carbons (Fsp3) is 0.143. The minimum atomic E-state index is -0.349. The van der Waals surface area contributed by atoms with E-state index in [2.05, 4.69) is 20.8 Å². The lowest BCUT2D eigenvalue weighted by Gasteiger charge is -2.14. The Kier molecular flexibility index (Phi) is 7.55.